The van der Waals surface area contributed by atoms with E-state index in [0.717, 1.165) is 34.6 Å². The van der Waals surface area contributed by atoms with Crippen molar-refractivity contribution in [2.45, 2.75) is 13.5 Å². The summed E-state index contributed by atoms with van der Waals surface area (Å²) in [7, 11) is 4.10. The molecule has 4 nitrogen and oxygen atoms in total. The fourth-order valence-corrected chi connectivity index (χ4v) is 2.80. The Balaban J connectivity index is 1.77. The fraction of sp³-hybridized carbons (Fsp3) is 0.227. The summed E-state index contributed by atoms with van der Waals surface area (Å²) >= 11 is 0. The Morgan fingerprint density at radius 1 is 1.04 bits per heavy atom. The molecule has 1 aromatic heterocycles. The SMILES string of the molecule is CC#CCNCc1ccc(Nc2cc(N(C)C)c3ccccc3n2)cc1. The summed E-state index contributed by atoms with van der Waals surface area (Å²) in [6.07, 6.45) is 0. The first-order valence-electron chi connectivity index (χ1n) is 8.71. The summed E-state index contributed by atoms with van der Waals surface area (Å²) in [6, 6.07) is 18.7. The number of pyridine rings is 1. The second kappa shape index (κ2) is 8.37. The van der Waals surface area contributed by atoms with Gasteiger partial charge in [0.2, 0.25) is 0 Å². The summed E-state index contributed by atoms with van der Waals surface area (Å²) in [6.45, 7) is 3.38. The molecule has 0 fully saturated rings. The van der Waals surface area contributed by atoms with Crippen molar-refractivity contribution in [3.8, 4) is 11.8 Å². The molecule has 0 saturated heterocycles. The molecule has 132 valence electrons. The van der Waals surface area contributed by atoms with Crippen LogP contribution in [0.2, 0.25) is 0 Å². The number of nitrogens with zero attached hydrogens (tertiary/aromatic N) is 2. The molecule has 3 aromatic rings. The number of aromatic nitrogens is 1. The van der Waals surface area contributed by atoms with Gasteiger partial charge in [-0.25, -0.2) is 4.98 Å². The zero-order chi connectivity index (χ0) is 18.4. The first-order chi connectivity index (χ1) is 12.7. The smallest absolute Gasteiger partial charge is 0.133 e. The van der Waals surface area contributed by atoms with E-state index in [1.54, 1.807) is 0 Å². The molecule has 0 saturated carbocycles. The molecule has 3 rings (SSSR count). The highest BCUT2D eigenvalue weighted by Gasteiger charge is 2.07. The molecule has 0 aliphatic carbocycles. The molecule has 0 aliphatic rings. The normalized spacial score (nSPS) is 10.3. The van der Waals surface area contributed by atoms with Gasteiger partial charge in [-0.3, -0.25) is 0 Å². The fourth-order valence-electron chi connectivity index (χ4n) is 2.80. The van der Waals surface area contributed by atoms with Crippen LogP contribution < -0.4 is 15.5 Å². The number of anilines is 3. The summed E-state index contributed by atoms with van der Waals surface area (Å²) in [4.78, 5) is 6.85. The highest BCUT2D eigenvalue weighted by Crippen LogP contribution is 2.28. The molecule has 0 aliphatic heterocycles. The molecule has 0 spiro atoms. The van der Waals surface area contributed by atoms with E-state index in [0.29, 0.717) is 6.54 Å². The molecule has 0 atom stereocenters. The third-order valence-electron chi connectivity index (χ3n) is 4.12. The number of nitrogens with one attached hydrogen (secondary N) is 2. The van der Waals surface area contributed by atoms with Crippen molar-refractivity contribution in [3.05, 3.63) is 60.2 Å². The zero-order valence-electron chi connectivity index (χ0n) is 15.5. The number of hydrogen-bond donors (Lipinski definition) is 2. The van der Waals surface area contributed by atoms with Gasteiger partial charge in [0.15, 0.2) is 0 Å². The van der Waals surface area contributed by atoms with Gasteiger partial charge in [-0.2, -0.15) is 0 Å². The predicted octanol–water partition coefficient (Wildman–Crippen LogP) is 4.16. The van der Waals surface area contributed by atoms with E-state index < -0.39 is 0 Å². The lowest BCUT2D eigenvalue weighted by Crippen LogP contribution is -2.13. The van der Waals surface area contributed by atoms with Crippen molar-refractivity contribution in [2.75, 3.05) is 30.9 Å². The maximum absolute atomic E-state index is 4.74. The van der Waals surface area contributed by atoms with Crippen LogP contribution in [0.25, 0.3) is 10.9 Å². The molecule has 2 N–H and O–H groups in total. The largest absolute Gasteiger partial charge is 0.377 e. The molecule has 0 radical (unpaired) electrons. The van der Waals surface area contributed by atoms with Gasteiger partial charge in [-0.15, -0.1) is 5.92 Å². The molecular formula is C22H24N4. The Labute approximate surface area is 155 Å². The highest BCUT2D eigenvalue weighted by atomic mass is 15.1. The number of hydrogen-bond acceptors (Lipinski definition) is 4. The summed E-state index contributed by atoms with van der Waals surface area (Å²) < 4.78 is 0. The standard InChI is InChI=1S/C22H24N4/c1-4-5-14-23-16-17-10-12-18(13-11-17)24-22-15-21(26(2)3)19-8-6-7-9-20(19)25-22/h6-13,15,23H,14,16H2,1-3H3,(H,24,25). The van der Waals surface area contributed by atoms with Crippen LogP contribution in [-0.4, -0.2) is 25.6 Å². The van der Waals surface area contributed by atoms with Crippen LogP contribution in [0.4, 0.5) is 17.2 Å². The summed E-state index contributed by atoms with van der Waals surface area (Å²) in [5.74, 6) is 6.73. The number of benzene rings is 2. The minimum absolute atomic E-state index is 0.713. The lowest BCUT2D eigenvalue weighted by atomic mass is 10.1. The van der Waals surface area contributed by atoms with Gasteiger partial charge in [-0.05, 0) is 30.7 Å². The average Bonchev–Trinajstić information content (AvgIpc) is 2.66. The Morgan fingerprint density at radius 2 is 1.81 bits per heavy atom. The van der Waals surface area contributed by atoms with Crippen LogP contribution in [0.5, 0.6) is 0 Å². The van der Waals surface area contributed by atoms with E-state index in [2.05, 4.69) is 77.9 Å². The van der Waals surface area contributed by atoms with Crippen molar-refractivity contribution in [2.24, 2.45) is 0 Å². The maximum Gasteiger partial charge on any atom is 0.133 e. The Morgan fingerprint density at radius 3 is 2.54 bits per heavy atom. The highest BCUT2D eigenvalue weighted by molar-refractivity contribution is 5.93. The molecule has 26 heavy (non-hydrogen) atoms. The van der Waals surface area contributed by atoms with Gasteiger partial charge in [0, 0.05) is 43.5 Å². The molecule has 0 bridgehead atoms. The van der Waals surface area contributed by atoms with Crippen LogP contribution in [0, 0.1) is 11.8 Å². The van der Waals surface area contributed by atoms with Crippen molar-refractivity contribution < 1.29 is 0 Å². The molecule has 1 heterocycles. The lowest BCUT2D eigenvalue weighted by Gasteiger charge is -2.17. The Hall–Kier alpha value is -3.03. The minimum atomic E-state index is 0.713. The second-order valence-electron chi connectivity index (χ2n) is 6.29. The number of fused-ring (bicyclic) bond motifs is 1. The van der Waals surface area contributed by atoms with E-state index in [1.807, 2.05) is 25.1 Å². The predicted molar refractivity (Wildman–Crippen MR) is 111 cm³/mol. The van der Waals surface area contributed by atoms with E-state index in [1.165, 1.54) is 5.56 Å². The first kappa shape index (κ1) is 17.8. The van der Waals surface area contributed by atoms with Gasteiger partial charge in [-0.1, -0.05) is 36.3 Å². The van der Waals surface area contributed by atoms with Crippen LogP contribution in [0.15, 0.2) is 54.6 Å². The maximum atomic E-state index is 4.74. The lowest BCUT2D eigenvalue weighted by molar-refractivity contribution is 0.770. The van der Waals surface area contributed by atoms with Crippen molar-refractivity contribution >= 4 is 28.1 Å². The van der Waals surface area contributed by atoms with Crippen molar-refractivity contribution in [1.29, 1.82) is 0 Å². The first-order valence-corrected chi connectivity index (χ1v) is 8.71. The molecule has 0 amide bonds. The van der Waals surface area contributed by atoms with Crippen LogP contribution in [0.1, 0.15) is 12.5 Å². The number of rotatable bonds is 6. The minimum Gasteiger partial charge on any atom is -0.377 e. The van der Waals surface area contributed by atoms with Gasteiger partial charge in [0.05, 0.1) is 12.1 Å². The van der Waals surface area contributed by atoms with Crippen molar-refractivity contribution in [1.82, 2.24) is 10.3 Å². The molecule has 4 heteroatoms. The zero-order valence-corrected chi connectivity index (χ0v) is 15.5. The van der Waals surface area contributed by atoms with E-state index in [-0.39, 0.29) is 0 Å². The molecule has 2 aromatic carbocycles. The Bertz CT molecular complexity index is 934. The third kappa shape index (κ3) is 4.33. The van der Waals surface area contributed by atoms with Crippen LogP contribution in [0.3, 0.4) is 0 Å². The van der Waals surface area contributed by atoms with Crippen molar-refractivity contribution in [3.63, 3.8) is 0 Å². The number of para-hydroxylation sites is 1. The second-order valence-corrected chi connectivity index (χ2v) is 6.29. The van der Waals surface area contributed by atoms with E-state index in [9.17, 15) is 0 Å². The van der Waals surface area contributed by atoms with Gasteiger partial charge >= 0.3 is 0 Å². The van der Waals surface area contributed by atoms with E-state index in [4.69, 9.17) is 4.98 Å². The van der Waals surface area contributed by atoms with E-state index >= 15 is 0 Å². The monoisotopic (exact) mass is 344 g/mol. The summed E-state index contributed by atoms with van der Waals surface area (Å²) in [5, 5.41) is 7.87. The van der Waals surface area contributed by atoms with Gasteiger partial charge < -0.3 is 15.5 Å². The van der Waals surface area contributed by atoms with Crippen LogP contribution >= 0.6 is 0 Å². The third-order valence-corrected chi connectivity index (χ3v) is 4.12. The average molecular weight is 344 g/mol. The van der Waals surface area contributed by atoms with Gasteiger partial charge in [0.1, 0.15) is 5.82 Å². The van der Waals surface area contributed by atoms with Gasteiger partial charge in [0.25, 0.3) is 0 Å². The Kier molecular flexibility index (Phi) is 5.73. The molecular weight excluding hydrogens is 320 g/mol. The topological polar surface area (TPSA) is 40.2 Å². The summed E-state index contributed by atoms with van der Waals surface area (Å²) in [5.41, 5.74) is 4.39. The quantitative estimate of drug-likeness (QED) is 0.520. The molecule has 0 unspecified atom stereocenters. The van der Waals surface area contributed by atoms with Crippen LogP contribution in [-0.2, 0) is 6.54 Å².